The van der Waals surface area contributed by atoms with Gasteiger partial charge in [-0.25, -0.2) is 9.48 Å². The number of esters is 1. The Balaban J connectivity index is 1.66. The smallest absolute Gasteiger partial charge is 0.338 e. The Morgan fingerprint density at radius 1 is 1.04 bits per heavy atom. The van der Waals surface area contributed by atoms with Crippen molar-refractivity contribution in [1.82, 2.24) is 14.3 Å². The van der Waals surface area contributed by atoms with Gasteiger partial charge in [-0.05, 0) is 64.1 Å². The van der Waals surface area contributed by atoms with Crippen molar-refractivity contribution < 1.29 is 14.3 Å². The van der Waals surface area contributed by atoms with Gasteiger partial charge < -0.3 is 9.30 Å². The molecule has 2 heterocycles. The number of nitrogens with zero attached hydrogens (tertiary/aromatic N) is 3. The van der Waals surface area contributed by atoms with Crippen molar-refractivity contribution in [1.29, 1.82) is 0 Å². The zero-order chi connectivity index (χ0) is 19.6. The Morgan fingerprint density at radius 2 is 1.74 bits per heavy atom. The van der Waals surface area contributed by atoms with Crippen molar-refractivity contribution in [3.63, 3.8) is 0 Å². The van der Waals surface area contributed by atoms with Gasteiger partial charge in [-0.2, -0.15) is 5.10 Å². The first kappa shape index (κ1) is 18.6. The summed E-state index contributed by atoms with van der Waals surface area (Å²) < 4.78 is 9.06. The molecular formula is C21H23N3O3. The van der Waals surface area contributed by atoms with Crippen LogP contribution in [0.4, 0.5) is 0 Å². The van der Waals surface area contributed by atoms with Crippen LogP contribution in [-0.2, 0) is 11.3 Å². The zero-order valence-corrected chi connectivity index (χ0v) is 16.0. The lowest BCUT2D eigenvalue weighted by molar-refractivity contribution is 0.0474. The molecule has 0 unspecified atom stereocenters. The number of ketones is 1. The molecule has 0 radical (unpaired) electrons. The highest BCUT2D eigenvalue weighted by Crippen LogP contribution is 2.16. The van der Waals surface area contributed by atoms with Crippen LogP contribution in [0.3, 0.4) is 0 Å². The molecule has 0 spiro atoms. The number of carbonyl (C=O) groups is 2. The number of ether oxygens (including phenoxy) is 1. The lowest BCUT2D eigenvalue weighted by Crippen LogP contribution is -2.15. The topological polar surface area (TPSA) is 66.1 Å². The third kappa shape index (κ3) is 3.69. The molecule has 0 bridgehead atoms. The minimum absolute atomic E-state index is 0.195. The lowest BCUT2D eigenvalue weighted by Gasteiger charge is -2.08. The van der Waals surface area contributed by atoms with Gasteiger partial charge >= 0.3 is 5.97 Å². The predicted octanol–water partition coefficient (Wildman–Crippen LogP) is 3.66. The van der Waals surface area contributed by atoms with Gasteiger partial charge in [0.15, 0.2) is 6.61 Å². The highest BCUT2D eigenvalue weighted by atomic mass is 16.5. The third-order valence-corrected chi connectivity index (χ3v) is 4.70. The Hall–Kier alpha value is -3.15. The van der Waals surface area contributed by atoms with Crippen LogP contribution >= 0.6 is 0 Å². The molecule has 140 valence electrons. The molecule has 0 amide bonds. The van der Waals surface area contributed by atoms with Crippen LogP contribution in [-0.4, -0.2) is 32.7 Å². The number of Topliss-reactive ketones (excluding diaryl/α,β-unsaturated/α-hetero) is 1. The van der Waals surface area contributed by atoms with E-state index >= 15 is 0 Å². The molecule has 6 nitrogen and oxygen atoms in total. The average Bonchev–Trinajstić information content (AvgIpc) is 3.22. The summed E-state index contributed by atoms with van der Waals surface area (Å²) >= 11 is 0. The van der Waals surface area contributed by atoms with Crippen molar-refractivity contribution in [2.75, 3.05) is 6.61 Å². The van der Waals surface area contributed by atoms with Crippen LogP contribution in [0.15, 0.2) is 42.6 Å². The normalized spacial score (nSPS) is 10.8. The molecule has 1 aromatic carbocycles. The second-order valence-electron chi connectivity index (χ2n) is 6.46. The van der Waals surface area contributed by atoms with Crippen molar-refractivity contribution in [2.45, 2.75) is 34.2 Å². The minimum Gasteiger partial charge on any atom is -0.454 e. The standard InChI is InChI=1S/C21H23N3O3/c1-5-23-15(3)12-19(16(23)4)20(25)13-27-21(26)17-6-8-18(9-7-17)24-14(2)10-11-22-24/h6-12H,5,13H2,1-4H3. The molecule has 0 aliphatic carbocycles. The highest BCUT2D eigenvalue weighted by Gasteiger charge is 2.17. The number of carbonyl (C=O) groups excluding carboxylic acids is 2. The second kappa shape index (κ2) is 7.61. The van der Waals surface area contributed by atoms with Gasteiger partial charge in [0.1, 0.15) is 0 Å². The van der Waals surface area contributed by atoms with Gasteiger partial charge in [0.2, 0.25) is 5.78 Å². The summed E-state index contributed by atoms with van der Waals surface area (Å²) in [5.41, 5.74) is 4.78. The fourth-order valence-corrected chi connectivity index (χ4v) is 3.24. The van der Waals surface area contributed by atoms with Gasteiger partial charge in [-0.15, -0.1) is 0 Å². The first-order valence-electron chi connectivity index (χ1n) is 8.90. The van der Waals surface area contributed by atoms with E-state index in [0.717, 1.165) is 29.3 Å². The van der Waals surface area contributed by atoms with Crippen LogP contribution in [0.1, 0.15) is 44.7 Å². The molecule has 3 rings (SSSR count). The van der Waals surface area contributed by atoms with E-state index in [1.807, 2.05) is 39.8 Å². The summed E-state index contributed by atoms with van der Waals surface area (Å²) in [5.74, 6) is -0.712. The summed E-state index contributed by atoms with van der Waals surface area (Å²) in [6.07, 6.45) is 1.72. The summed E-state index contributed by atoms with van der Waals surface area (Å²) in [4.78, 5) is 24.7. The molecule has 0 saturated carbocycles. The summed E-state index contributed by atoms with van der Waals surface area (Å²) in [5, 5.41) is 4.23. The van der Waals surface area contributed by atoms with E-state index in [4.69, 9.17) is 4.74 Å². The van der Waals surface area contributed by atoms with Gasteiger partial charge in [0.05, 0.1) is 11.3 Å². The highest BCUT2D eigenvalue weighted by molar-refractivity contribution is 6.00. The van der Waals surface area contributed by atoms with Crippen LogP contribution in [0.5, 0.6) is 0 Å². The minimum atomic E-state index is -0.517. The van der Waals surface area contributed by atoms with Gasteiger partial charge in [0, 0.05) is 35.4 Å². The molecular weight excluding hydrogens is 342 g/mol. The van der Waals surface area contributed by atoms with Gasteiger partial charge in [-0.1, -0.05) is 0 Å². The van der Waals surface area contributed by atoms with E-state index in [-0.39, 0.29) is 12.4 Å². The maximum Gasteiger partial charge on any atom is 0.338 e. The van der Waals surface area contributed by atoms with Crippen LogP contribution < -0.4 is 0 Å². The van der Waals surface area contributed by atoms with Crippen LogP contribution in [0.25, 0.3) is 5.69 Å². The van der Waals surface area contributed by atoms with Crippen LogP contribution in [0.2, 0.25) is 0 Å². The number of benzene rings is 1. The van der Waals surface area contributed by atoms with Gasteiger partial charge in [-0.3, -0.25) is 4.79 Å². The first-order valence-corrected chi connectivity index (χ1v) is 8.90. The number of aryl methyl sites for hydroxylation is 2. The average molecular weight is 365 g/mol. The molecule has 0 fully saturated rings. The Morgan fingerprint density at radius 3 is 2.30 bits per heavy atom. The second-order valence-corrected chi connectivity index (χ2v) is 6.46. The molecule has 2 aromatic heterocycles. The largest absolute Gasteiger partial charge is 0.454 e. The first-order chi connectivity index (χ1) is 12.9. The molecule has 0 aliphatic heterocycles. The van der Waals surface area contributed by atoms with E-state index < -0.39 is 5.97 Å². The fourth-order valence-electron chi connectivity index (χ4n) is 3.24. The zero-order valence-electron chi connectivity index (χ0n) is 16.0. The molecule has 0 atom stereocenters. The summed E-state index contributed by atoms with van der Waals surface area (Å²) in [7, 11) is 0. The van der Waals surface area contributed by atoms with E-state index in [1.165, 1.54) is 0 Å². The number of hydrogen-bond acceptors (Lipinski definition) is 4. The Labute approximate surface area is 158 Å². The van der Waals surface area contributed by atoms with Crippen molar-refractivity contribution in [2.24, 2.45) is 0 Å². The third-order valence-electron chi connectivity index (χ3n) is 4.70. The monoisotopic (exact) mass is 365 g/mol. The van der Waals surface area contributed by atoms with E-state index in [9.17, 15) is 9.59 Å². The van der Waals surface area contributed by atoms with E-state index in [0.29, 0.717) is 11.1 Å². The number of aromatic nitrogens is 3. The molecule has 27 heavy (non-hydrogen) atoms. The van der Waals surface area contributed by atoms with Crippen molar-refractivity contribution >= 4 is 11.8 Å². The molecule has 0 aliphatic rings. The Bertz CT molecular complexity index is 981. The fraction of sp³-hybridized carbons (Fsp3) is 0.286. The quantitative estimate of drug-likeness (QED) is 0.494. The van der Waals surface area contributed by atoms with Crippen molar-refractivity contribution in [3.05, 3.63) is 70.8 Å². The number of rotatable bonds is 6. The molecule has 0 N–H and O–H groups in total. The van der Waals surface area contributed by atoms with E-state index in [2.05, 4.69) is 9.67 Å². The molecule has 0 saturated heterocycles. The number of hydrogen-bond donors (Lipinski definition) is 0. The maximum absolute atomic E-state index is 12.4. The van der Waals surface area contributed by atoms with Crippen LogP contribution in [0, 0.1) is 20.8 Å². The van der Waals surface area contributed by atoms with E-state index in [1.54, 1.807) is 35.1 Å². The van der Waals surface area contributed by atoms with Gasteiger partial charge in [0.25, 0.3) is 0 Å². The molecule has 6 heteroatoms. The summed E-state index contributed by atoms with van der Waals surface area (Å²) in [6.45, 7) is 8.38. The summed E-state index contributed by atoms with van der Waals surface area (Å²) in [6, 6.07) is 10.7. The SMILES string of the molecule is CCn1c(C)cc(C(=O)COC(=O)c2ccc(-n3nccc3C)cc2)c1C. The molecule has 3 aromatic rings. The van der Waals surface area contributed by atoms with Crippen molar-refractivity contribution in [3.8, 4) is 5.69 Å². The lowest BCUT2D eigenvalue weighted by atomic mass is 10.1. The predicted molar refractivity (Wildman–Crippen MR) is 102 cm³/mol. The Kier molecular flexibility index (Phi) is 5.26. The maximum atomic E-state index is 12.4.